The molecule has 0 saturated heterocycles. The molecule has 4 heteroatoms. The molecule has 0 atom stereocenters. The third-order valence-electron chi connectivity index (χ3n) is 3.29. The molecule has 0 spiro atoms. The van der Waals surface area contributed by atoms with E-state index in [1.54, 1.807) is 0 Å². The maximum atomic E-state index is 4.37. The molecule has 0 fully saturated rings. The molecule has 0 aliphatic heterocycles. The van der Waals surface area contributed by atoms with Gasteiger partial charge in [0.15, 0.2) is 0 Å². The zero-order valence-corrected chi connectivity index (χ0v) is 14.8. The summed E-state index contributed by atoms with van der Waals surface area (Å²) in [5.74, 6) is 0. The number of pyridine rings is 1. The summed E-state index contributed by atoms with van der Waals surface area (Å²) in [6.07, 6.45) is 10.6. The van der Waals surface area contributed by atoms with Gasteiger partial charge in [-0.05, 0) is 30.5 Å². The van der Waals surface area contributed by atoms with Crippen LogP contribution in [-0.2, 0) is 30.2 Å². The Morgan fingerprint density at radius 1 is 0.909 bits per heavy atom. The van der Waals surface area contributed by atoms with E-state index < -0.39 is 0 Å². The number of hydrogen-bond acceptors (Lipinski definition) is 1. The Bertz CT molecular complexity index is 609. The van der Waals surface area contributed by atoms with E-state index in [4.69, 9.17) is 0 Å². The molecule has 0 N–H and O–H groups in total. The van der Waals surface area contributed by atoms with Crippen LogP contribution in [0.15, 0.2) is 72.0 Å². The molecule has 113 valence electrons. The fourth-order valence-corrected chi connectivity index (χ4v) is 2.35. The molecular formula is C18H16Cl2CrN. The van der Waals surface area contributed by atoms with Gasteiger partial charge in [-0.3, -0.25) is 4.98 Å². The van der Waals surface area contributed by atoms with Gasteiger partial charge in [-0.1, -0.05) is 42.8 Å². The molecule has 1 radical (unpaired) electrons. The van der Waals surface area contributed by atoms with Crippen molar-refractivity contribution in [3.05, 3.63) is 89.3 Å². The summed E-state index contributed by atoms with van der Waals surface area (Å²) < 4.78 is 0. The van der Waals surface area contributed by atoms with Gasteiger partial charge < -0.3 is 24.8 Å². The fourth-order valence-electron chi connectivity index (χ4n) is 2.35. The van der Waals surface area contributed by atoms with Crippen LogP contribution in [0.3, 0.4) is 0 Å². The van der Waals surface area contributed by atoms with Crippen molar-refractivity contribution in [1.82, 2.24) is 4.98 Å². The third-order valence-corrected chi connectivity index (χ3v) is 3.29. The minimum absolute atomic E-state index is 0. The molecule has 1 aliphatic rings. The Labute approximate surface area is 155 Å². The van der Waals surface area contributed by atoms with E-state index in [-0.39, 0.29) is 42.2 Å². The third kappa shape index (κ3) is 5.99. The van der Waals surface area contributed by atoms with Crippen molar-refractivity contribution in [1.29, 1.82) is 0 Å². The van der Waals surface area contributed by atoms with E-state index in [2.05, 4.69) is 53.5 Å². The van der Waals surface area contributed by atoms with Gasteiger partial charge in [-0.2, -0.15) is 5.57 Å². The second-order valence-electron chi connectivity index (χ2n) is 4.82. The van der Waals surface area contributed by atoms with Crippen molar-refractivity contribution in [3.8, 4) is 0 Å². The second kappa shape index (κ2) is 10.6. The maximum absolute atomic E-state index is 4.37. The van der Waals surface area contributed by atoms with Crippen molar-refractivity contribution in [3.63, 3.8) is 0 Å². The first-order chi connectivity index (χ1) is 9.40. The first-order valence-corrected chi connectivity index (χ1v) is 6.65. The molecule has 22 heavy (non-hydrogen) atoms. The number of allylic oxidation sites excluding steroid dienone is 4. The number of aromatic nitrogens is 1. The van der Waals surface area contributed by atoms with Gasteiger partial charge in [0.2, 0.25) is 0 Å². The number of rotatable bonds is 4. The van der Waals surface area contributed by atoms with Crippen LogP contribution < -0.4 is 24.8 Å². The molecule has 0 bridgehead atoms. The molecule has 1 aliphatic carbocycles. The predicted octanol–water partition coefficient (Wildman–Crippen LogP) is -2.07. The first-order valence-electron chi connectivity index (χ1n) is 6.65. The van der Waals surface area contributed by atoms with Crippen LogP contribution >= 0.6 is 0 Å². The number of benzene rings is 1. The van der Waals surface area contributed by atoms with Crippen molar-refractivity contribution < 1.29 is 42.2 Å². The monoisotopic (exact) mass is 368 g/mol. The first kappa shape index (κ1) is 21.0. The standard InChI is InChI=1S/C18H16N.2ClH.Cr/c1-2-6-15(7-3-1)12-16-9-10-17(13-16)14-18-8-4-5-11-19-18;;;/h1-9,11H,10,12,14H2;2*1H;/q-1;;;+3/p-2. The average molecular weight is 369 g/mol. The van der Waals surface area contributed by atoms with E-state index in [0.717, 1.165) is 25.0 Å². The largest absolute Gasteiger partial charge is 3.00 e. The van der Waals surface area contributed by atoms with Crippen LogP contribution in [0.25, 0.3) is 0 Å². The van der Waals surface area contributed by atoms with E-state index in [0.29, 0.717) is 0 Å². The number of hydrogen-bond donors (Lipinski definition) is 0. The van der Waals surface area contributed by atoms with Gasteiger partial charge in [0.05, 0.1) is 0 Å². The van der Waals surface area contributed by atoms with Gasteiger partial charge in [0.1, 0.15) is 0 Å². The predicted molar refractivity (Wildman–Crippen MR) is 77.5 cm³/mol. The van der Waals surface area contributed by atoms with Crippen molar-refractivity contribution in [2.75, 3.05) is 0 Å². The summed E-state index contributed by atoms with van der Waals surface area (Å²) in [6, 6.07) is 16.6. The van der Waals surface area contributed by atoms with Crippen LogP contribution in [0.4, 0.5) is 0 Å². The van der Waals surface area contributed by atoms with Crippen molar-refractivity contribution in [2.24, 2.45) is 0 Å². The second-order valence-corrected chi connectivity index (χ2v) is 4.82. The Morgan fingerprint density at radius 2 is 1.64 bits per heavy atom. The summed E-state index contributed by atoms with van der Waals surface area (Å²) in [7, 11) is 0. The van der Waals surface area contributed by atoms with Crippen LogP contribution in [0.5, 0.6) is 0 Å². The zero-order chi connectivity index (χ0) is 12.9. The smallest absolute Gasteiger partial charge is 1.00 e. The maximum Gasteiger partial charge on any atom is 3.00 e. The quantitative estimate of drug-likeness (QED) is 0.565. The van der Waals surface area contributed by atoms with Gasteiger partial charge in [-0.25, -0.2) is 17.7 Å². The number of nitrogens with zero attached hydrogens (tertiary/aromatic N) is 1. The molecule has 0 saturated carbocycles. The molecule has 0 amide bonds. The molecular weight excluding hydrogens is 353 g/mol. The Morgan fingerprint density at radius 3 is 2.32 bits per heavy atom. The summed E-state index contributed by atoms with van der Waals surface area (Å²) >= 11 is 0. The van der Waals surface area contributed by atoms with Gasteiger partial charge in [0, 0.05) is 11.9 Å². The van der Waals surface area contributed by atoms with Crippen molar-refractivity contribution >= 4 is 0 Å². The summed E-state index contributed by atoms with van der Waals surface area (Å²) in [5, 5.41) is 0. The van der Waals surface area contributed by atoms with Crippen LogP contribution in [0.2, 0.25) is 0 Å². The molecule has 1 aromatic heterocycles. The van der Waals surface area contributed by atoms with Gasteiger partial charge in [0.25, 0.3) is 0 Å². The topological polar surface area (TPSA) is 12.9 Å². The van der Waals surface area contributed by atoms with E-state index in [1.807, 2.05) is 18.3 Å². The van der Waals surface area contributed by atoms with E-state index >= 15 is 0 Å². The van der Waals surface area contributed by atoms with Crippen LogP contribution in [0, 0.1) is 6.08 Å². The Balaban J connectivity index is 0.00000147. The number of halogens is 2. The fraction of sp³-hybridized carbons (Fsp3) is 0.167. The van der Waals surface area contributed by atoms with Crippen LogP contribution in [-0.4, -0.2) is 4.98 Å². The molecule has 3 rings (SSSR count). The molecule has 1 nitrogen and oxygen atoms in total. The van der Waals surface area contributed by atoms with Crippen LogP contribution in [0.1, 0.15) is 17.7 Å². The minimum Gasteiger partial charge on any atom is -1.00 e. The van der Waals surface area contributed by atoms with Crippen molar-refractivity contribution in [2.45, 2.75) is 19.3 Å². The van der Waals surface area contributed by atoms with Gasteiger partial charge in [-0.15, -0.1) is 0 Å². The molecule has 1 aromatic carbocycles. The zero-order valence-electron chi connectivity index (χ0n) is 12.0. The normalized spacial score (nSPS) is 12.2. The van der Waals surface area contributed by atoms with Gasteiger partial charge >= 0.3 is 17.4 Å². The SMILES string of the molecule is [C-]1=C(Cc2ccccn2)CC=C1Cc1ccccc1.[Cl-].[Cl-].[Cr+3]. The summed E-state index contributed by atoms with van der Waals surface area (Å²) in [4.78, 5) is 4.37. The minimum atomic E-state index is 0. The summed E-state index contributed by atoms with van der Waals surface area (Å²) in [6.45, 7) is 0. The van der Waals surface area contributed by atoms with E-state index in [9.17, 15) is 0 Å². The summed E-state index contributed by atoms with van der Waals surface area (Å²) in [5.41, 5.74) is 5.11. The molecule has 1 heterocycles. The Kier molecular flexibility index (Phi) is 10.1. The molecule has 2 aromatic rings. The Hall–Kier alpha value is -1.04. The average Bonchev–Trinajstić information content (AvgIpc) is 2.88. The van der Waals surface area contributed by atoms with E-state index in [1.165, 1.54) is 16.7 Å². The molecule has 0 unspecified atom stereocenters.